The van der Waals surface area contributed by atoms with Crippen molar-refractivity contribution in [1.29, 1.82) is 0 Å². The van der Waals surface area contributed by atoms with Crippen molar-refractivity contribution in [2.45, 2.75) is 64.2 Å². The van der Waals surface area contributed by atoms with Gasteiger partial charge in [0.25, 0.3) is 0 Å². The average molecular weight is 265 g/mol. The van der Waals surface area contributed by atoms with Crippen LogP contribution >= 0.6 is 0 Å². The van der Waals surface area contributed by atoms with Gasteiger partial charge in [0.15, 0.2) is 0 Å². The van der Waals surface area contributed by atoms with E-state index in [0.29, 0.717) is 11.8 Å². The van der Waals surface area contributed by atoms with Gasteiger partial charge in [-0.3, -0.25) is 4.79 Å². The van der Waals surface area contributed by atoms with E-state index in [1.54, 1.807) is 0 Å². The van der Waals surface area contributed by atoms with Crippen LogP contribution in [0.4, 0.5) is 0 Å². The van der Waals surface area contributed by atoms with Gasteiger partial charge in [0.05, 0.1) is 6.42 Å². The van der Waals surface area contributed by atoms with Gasteiger partial charge in [-0.2, -0.15) is 0 Å². The predicted octanol–water partition coefficient (Wildman–Crippen LogP) is 3.29. The van der Waals surface area contributed by atoms with E-state index >= 15 is 0 Å². The van der Waals surface area contributed by atoms with Crippen LogP contribution in [0.2, 0.25) is 0 Å². The quantitative estimate of drug-likeness (QED) is 0.848. The van der Waals surface area contributed by atoms with Gasteiger partial charge in [-0.25, -0.2) is 0 Å². The molecule has 108 valence electrons. The summed E-state index contributed by atoms with van der Waals surface area (Å²) in [7, 11) is 0. The maximum Gasteiger partial charge on any atom is 0.303 e. The lowest BCUT2D eigenvalue weighted by atomic mass is 9.64. The molecule has 1 aliphatic heterocycles. The van der Waals surface area contributed by atoms with E-state index in [4.69, 9.17) is 5.11 Å². The minimum absolute atomic E-state index is 0.123. The molecule has 0 aromatic carbocycles. The minimum Gasteiger partial charge on any atom is -0.481 e. The number of rotatable bonds is 4. The summed E-state index contributed by atoms with van der Waals surface area (Å²) in [4.78, 5) is 13.6. The Bertz CT molecular complexity index is 333. The molecule has 3 aliphatic rings. The van der Waals surface area contributed by atoms with Gasteiger partial charge >= 0.3 is 5.97 Å². The Balaban J connectivity index is 1.51. The molecule has 3 rings (SSSR count). The number of nitrogens with zero attached hydrogens (tertiary/aromatic N) is 1. The highest BCUT2D eigenvalue weighted by Gasteiger charge is 2.47. The van der Waals surface area contributed by atoms with E-state index in [2.05, 4.69) is 4.90 Å². The zero-order chi connectivity index (χ0) is 13.3. The summed E-state index contributed by atoms with van der Waals surface area (Å²) in [5.41, 5.74) is 0.739. The Hall–Kier alpha value is -0.570. The summed E-state index contributed by atoms with van der Waals surface area (Å²) in [5, 5.41) is 9.08. The van der Waals surface area contributed by atoms with E-state index in [1.807, 2.05) is 0 Å². The van der Waals surface area contributed by atoms with Crippen molar-refractivity contribution in [2.24, 2.45) is 10.8 Å². The van der Waals surface area contributed by atoms with Crippen LogP contribution in [0.15, 0.2) is 0 Å². The zero-order valence-corrected chi connectivity index (χ0v) is 12.0. The number of carboxylic acid groups (broad SMARTS) is 1. The van der Waals surface area contributed by atoms with Crippen LogP contribution in [0.1, 0.15) is 64.2 Å². The van der Waals surface area contributed by atoms with Crippen molar-refractivity contribution >= 4 is 5.97 Å². The molecule has 0 unspecified atom stereocenters. The van der Waals surface area contributed by atoms with Gasteiger partial charge in [-0.15, -0.1) is 0 Å². The van der Waals surface area contributed by atoms with Crippen LogP contribution in [0.5, 0.6) is 0 Å². The number of likely N-dealkylation sites (tertiary alicyclic amines) is 1. The Labute approximate surface area is 116 Å². The molecule has 3 fully saturated rings. The maximum atomic E-state index is 11.0. The summed E-state index contributed by atoms with van der Waals surface area (Å²) >= 11 is 0. The second kappa shape index (κ2) is 5.08. The van der Waals surface area contributed by atoms with Gasteiger partial charge < -0.3 is 10.0 Å². The van der Waals surface area contributed by atoms with Gasteiger partial charge in [0, 0.05) is 19.6 Å². The van der Waals surface area contributed by atoms with Crippen molar-refractivity contribution in [1.82, 2.24) is 4.90 Å². The molecule has 1 spiro atoms. The zero-order valence-electron chi connectivity index (χ0n) is 12.0. The summed E-state index contributed by atoms with van der Waals surface area (Å²) < 4.78 is 0. The monoisotopic (exact) mass is 265 g/mol. The number of aliphatic carboxylic acids is 1. The SMILES string of the molecule is O=C(O)CC1(CN2CC3(CCCCCC3)C2)CCC1. The van der Waals surface area contributed by atoms with Gasteiger partial charge in [0.2, 0.25) is 0 Å². The molecule has 1 heterocycles. The first kappa shape index (κ1) is 13.4. The smallest absolute Gasteiger partial charge is 0.303 e. The molecule has 3 nitrogen and oxygen atoms in total. The number of carboxylic acids is 1. The van der Waals surface area contributed by atoms with E-state index < -0.39 is 5.97 Å². The van der Waals surface area contributed by atoms with Gasteiger partial charge in [0.1, 0.15) is 0 Å². The Morgan fingerprint density at radius 2 is 1.58 bits per heavy atom. The normalized spacial score (nSPS) is 29.3. The molecule has 0 aromatic rings. The van der Waals surface area contributed by atoms with Crippen LogP contribution in [0.25, 0.3) is 0 Å². The first-order valence-corrected chi connectivity index (χ1v) is 8.06. The molecule has 1 N–H and O–H groups in total. The first-order chi connectivity index (χ1) is 9.12. The second-order valence-corrected chi connectivity index (χ2v) is 7.48. The van der Waals surface area contributed by atoms with E-state index in [1.165, 1.54) is 58.0 Å². The van der Waals surface area contributed by atoms with Crippen LogP contribution < -0.4 is 0 Å². The van der Waals surface area contributed by atoms with Gasteiger partial charge in [-0.05, 0) is 36.5 Å². The van der Waals surface area contributed by atoms with E-state index in [-0.39, 0.29) is 5.41 Å². The molecule has 1 saturated heterocycles. The van der Waals surface area contributed by atoms with Crippen molar-refractivity contribution in [3.63, 3.8) is 0 Å². The molecule has 0 bridgehead atoms. The molecular formula is C16H27NO2. The molecular weight excluding hydrogens is 238 g/mol. The van der Waals surface area contributed by atoms with Crippen LogP contribution in [-0.2, 0) is 4.79 Å². The lowest BCUT2D eigenvalue weighted by Crippen LogP contribution is -2.59. The average Bonchev–Trinajstić information content (AvgIpc) is 2.50. The topological polar surface area (TPSA) is 40.5 Å². The number of hydrogen-bond acceptors (Lipinski definition) is 2. The highest BCUT2D eigenvalue weighted by Crippen LogP contribution is 2.49. The molecule has 19 heavy (non-hydrogen) atoms. The van der Waals surface area contributed by atoms with Crippen molar-refractivity contribution < 1.29 is 9.90 Å². The fourth-order valence-corrected chi connectivity index (χ4v) is 4.67. The molecule has 2 saturated carbocycles. The third kappa shape index (κ3) is 2.81. The van der Waals surface area contributed by atoms with Crippen LogP contribution in [0.3, 0.4) is 0 Å². The first-order valence-electron chi connectivity index (χ1n) is 8.06. The summed E-state index contributed by atoms with van der Waals surface area (Å²) in [6.07, 6.45) is 12.4. The number of carbonyl (C=O) groups is 1. The van der Waals surface area contributed by atoms with Crippen LogP contribution in [-0.4, -0.2) is 35.6 Å². The lowest BCUT2D eigenvalue weighted by molar-refractivity contribution is -0.143. The molecule has 2 aliphatic carbocycles. The standard InChI is InChI=1S/C16H27NO2/c18-14(19)10-15(8-5-9-15)11-17-12-16(13-17)6-3-1-2-4-7-16/h1-13H2,(H,18,19). The largest absolute Gasteiger partial charge is 0.481 e. The van der Waals surface area contributed by atoms with Gasteiger partial charge in [-0.1, -0.05) is 32.1 Å². The third-order valence-corrected chi connectivity index (χ3v) is 5.78. The Morgan fingerprint density at radius 3 is 2.05 bits per heavy atom. The van der Waals surface area contributed by atoms with E-state index in [0.717, 1.165) is 19.4 Å². The summed E-state index contributed by atoms with van der Waals surface area (Å²) in [6, 6.07) is 0. The van der Waals surface area contributed by atoms with Crippen molar-refractivity contribution in [3.8, 4) is 0 Å². The minimum atomic E-state index is -0.607. The van der Waals surface area contributed by atoms with Crippen molar-refractivity contribution in [2.75, 3.05) is 19.6 Å². The predicted molar refractivity (Wildman–Crippen MR) is 75.1 cm³/mol. The van der Waals surface area contributed by atoms with Crippen molar-refractivity contribution in [3.05, 3.63) is 0 Å². The highest BCUT2D eigenvalue weighted by molar-refractivity contribution is 5.68. The molecule has 0 aromatic heterocycles. The molecule has 0 amide bonds. The highest BCUT2D eigenvalue weighted by atomic mass is 16.4. The second-order valence-electron chi connectivity index (χ2n) is 7.48. The Kier molecular flexibility index (Phi) is 3.59. The Morgan fingerprint density at radius 1 is 0.947 bits per heavy atom. The lowest BCUT2D eigenvalue weighted by Gasteiger charge is -2.55. The van der Waals surface area contributed by atoms with E-state index in [9.17, 15) is 4.79 Å². The molecule has 0 radical (unpaired) electrons. The van der Waals surface area contributed by atoms with Crippen LogP contribution in [0, 0.1) is 10.8 Å². The number of hydrogen-bond donors (Lipinski definition) is 1. The fraction of sp³-hybridized carbons (Fsp3) is 0.938. The third-order valence-electron chi connectivity index (χ3n) is 5.78. The summed E-state index contributed by atoms with van der Waals surface area (Å²) in [5.74, 6) is -0.607. The summed E-state index contributed by atoms with van der Waals surface area (Å²) in [6.45, 7) is 3.53. The fourth-order valence-electron chi connectivity index (χ4n) is 4.67. The maximum absolute atomic E-state index is 11.0. The molecule has 0 atom stereocenters. The molecule has 3 heteroatoms.